The molecule has 0 heterocycles. The Balaban J connectivity index is 2.24. The van der Waals surface area contributed by atoms with Crippen LogP contribution in [-0.4, -0.2) is 22.4 Å². The molecule has 1 aliphatic carbocycles. The third-order valence-electron chi connectivity index (χ3n) is 2.21. The van der Waals surface area contributed by atoms with Crippen LogP contribution in [0.3, 0.4) is 0 Å². The maximum atomic E-state index is 9.27. The molecule has 0 radical (unpaired) electrons. The molecule has 0 amide bonds. The van der Waals surface area contributed by atoms with Gasteiger partial charge in [0.1, 0.15) is 0 Å². The van der Waals surface area contributed by atoms with Crippen LogP contribution in [0.15, 0.2) is 0 Å². The van der Waals surface area contributed by atoms with Crippen molar-refractivity contribution in [2.45, 2.75) is 31.8 Å². The Labute approximate surface area is 55.5 Å². The highest BCUT2D eigenvalue weighted by Gasteiger charge is 2.40. The van der Waals surface area contributed by atoms with Crippen LogP contribution in [0.2, 0.25) is 0 Å². The van der Waals surface area contributed by atoms with E-state index in [0.717, 1.165) is 19.3 Å². The van der Waals surface area contributed by atoms with Crippen LogP contribution in [0, 0.1) is 5.92 Å². The summed E-state index contributed by atoms with van der Waals surface area (Å²) in [7, 11) is 0. The molecule has 0 spiro atoms. The fraction of sp³-hybridized carbons (Fsp3) is 1.00. The lowest BCUT2D eigenvalue weighted by atomic mass is 9.70. The number of rotatable bonds is 2. The van der Waals surface area contributed by atoms with Gasteiger partial charge >= 0.3 is 0 Å². The molecule has 1 saturated carbocycles. The third kappa shape index (κ3) is 1.25. The van der Waals surface area contributed by atoms with Crippen molar-refractivity contribution in [3.8, 4) is 0 Å². The first-order valence-corrected chi connectivity index (χ1v) is 3.53. The molecule has 2 heteroatoms. The largest absolute Gasteiger partial charge is 0.393 e. The minimum absolute atomic E-state index is 0.0660. The molecule has 0 aromatic carbocycles. The van der Waals surface area contributed by atoms with E-state index in [2.05, 4.69) is 6.92 Å². The zero-order valence-corrected chi connectivity index (χ0v) is 5.80. The van der Waals surface area contributed by atoms with Crippen LogP contribution in [0.5, 0.6) is 0 Å². The highest BCUT2D eigenvalue weighted by atomic mass is 16.3. The number of hydrogen-bond acceptors (Lipinski definition) is 2. The van der Waals surface area contributed by atoms with Gasteiger partial charge in [-0.1, -0.05) is 13.3 Å². The lowest BCUT2D eigenvalue weighted by molar-refractivity contribution is -0.107. The van der Waals surface area contributed by atoms with Crippen LogP contribution < -0.4 is 0 Å². The molecule has 1 aliphatic rings. The van der Waals surface area contributed by atoms with Gasteiger partial charge in [0.2, 0.25) is 0 Å². The van der Waals surface area contributed by atoms with Crippen molar-refractivity contribution >= 4 is 0 Å². The van der Waals surface area contributed by atoms with Crippen LogP contribution in [-0.2, 0) is 0 Å². The van der Waals surface area contributed by atoms with Crippen LogP contribution >= 0.6 is 0 Å². The average Bonchev–Trinajstić information content (AvgIpc) is 1.81. The Bertz CT molecular complexity index is 95.1. The summed E-state index contributed by atoms with van der Waals surface area (Å²) in [6.45, 7) is 2.05. The van der Waals surface area contributed by atoms with Gasteiger partial charge < -0.3 is 10.2 Å². The second kappa shape index (κ2) is 2.27. The zero-order valence-electron chi connectivity index (χ0n) is 5.80. The van der Waals surface area contributed by atoms with E-state index in [1.54, 1.807) is 0 Å². The fourth-order valence-corrected chi connectivity index (χ4v) is 1.43. The van der Waals surface area contributed by atoms with Crippen molar-refractivity contribution in [1.29, 1.82) is 0 Å². The SMILES string of the molecule is CC[C@H]1C[C@@](O)(CO)C1. The van der Waals surface area contributed by atoms with Gasteiger partial charge in [-0.15, -0.1) is 0 Å². The van der Waals surface area contributed by atoms with Crippen molar-refractivity contribution in [3.63, 3.8) is 0 Å². The Morgan fingerprint density at radius 1 is 1.56 bits per heavy atom. The normalized spacial score (nSPS) is 42.3. The standard InChI is InChI=1S/C7H14O2/c1-2-6-3-7(9,4-6)5-8/h6,8-9H,2-5H2,1H3/t6-,7-. The smallest absolute Gasteiger partial charge is 0.0882 e. The second-order valence-electron chi connectivity index (χ2n) is 3.06. The number of aliphatic hydroxyl groups is 2. The van der Waals surface area contributed by atoms with Crippen molar-refractivity contribution in [2.75, 3.05) is 6.61 Å². The van der Waals surface area contributed by atoms with Crippen molar-refractivity contribution in [2.24, 2.45) is 5.92 Å². The molecule has 2 nitrogen and oxygen atoms in total. The van der Waals surface area contributed by atoms with Gasteiger partial charge in [0, 0.05) is 0 Å². The molecule has 1 fully saturated rings. The van der Waals surface area contributed by atoms with Crippen LogP contribution in [0.1, 0.15) is 26.2 Å². The van der Waals surface area contributed by atoms with E-state index in [0.29, 0.717) is 5.92 Å². The summed E-state index contributed by atoms with van der Waals surface area (Å²) >= 11 is 0. The Kier molecular flexibility index (Phi) is 1.78. The summed E-state index contributed by atoms with van der Waals surface area (Å²) in [6.07, 6.45) is 2.71. The van der Waals surface area contributed by atoms with Crippen LogP contribution in [0.4, 0.5) is 0 Å². The molecule has 0 unspecified atom stereocenters. The predicted molar refractivity (Wildman–Crippen MR) is 35.1 cm³/mol. The Hall–Kier alpha value is -0.0800. The summed E-state index contributed by atoms with van der Waals surface area (Å²) in [5.41, 5.74) is -0.708. The molecule has 9 heavy (non-hydrogen) atoms. The highest BCUT2D eigenvalue weighted by molar-refractivity contribution is 4.92. The van der Waals surface area contributed by atoms with E-state index in [-0.39, 0.29) is 6.61 Å². The monoisotopic (exact) mass is 130 g/mol. The summed E-state index contributed by atoms with van der Waals surface area (Å²) in [5.74, 6) is 0.655. The van der Waals surface area contributed by atoms with Crippen molar-refractivity contribution in [3.05, 3.63) is 0 Å². The topological polar surface area (TPSA) is 40.5 Å². The first-order chi connectivity index (χ1) is 4.20. The molecule has 0 aliphatic heterocycles. The highest BCUT2D eigenvalue weighted by Crippen LogP contribution is 2.38. The lowest BCUT2D eigenvalue weighted by Gasteiger charge is -2.41. The minimum atomic E-state index is -0.708. The van der Waals surface area contributed by atoms with Crippen LogP contribution in [0.25, 0.3) is 0 Å². The molecule has 0 atom stereocenters. The molecule has 2 N–H and O–H groups in total. The van der Waals surface area contributed by atoms with E-state index >= 15 is 0 Å². The Morgan fingerprint density at radius 2 is 2.11 bits per heavy atom. The summed E-state index contributed by atoms with van der Waals surface area (Å²) in [4.78, 5) is 0. The molecular formula is C7H14O2. The third-order valence-corrected chi connectivity index (χ3v) is 2.21. The summed E-state index contributed by atoms with van der Waals surface area (Å²) in [6, 6.07) is 0. The Morgan fingerprint density at radius 3 is 2.44 bits per heavy atom. The zero-order chi connectivity index (χ0) is 6.91. The van der Waals surface area contributed by atoms with Gasteiger partial charge in [-0.25, -0.2) is 0 Å². The van der Waals surface area contributed by atoms with Gasteiger partial charge in [-0.3, -0.25) is 0 Å². The lowest BCUT2D eigenvalue weighted by Crippen LogP contribution is -2.46. The fourth-order valence-electron chi connectivity index (χ4n) is 1.43. The summed E-state index contributed by atoms with van der Waals surface area (Å²) < 4.78 is 0. The number of hydrogen-bond donors (Lipinski definition) is 2. The number of aliphatic hydroxyl groups excluding tert-OH is 1. The average molecular weight is 130 g/mol. The predicted octanol–water partition coefficient (Wildman–Crippen LogP) is 0.530. The molecular weight excluding hydrogens is 116 g/mol. The molecule has 1 rings (SSSR count). The molecule has 0 aromatic heterocycles. The minimum Gasteiger partial charge on any atom is -0.393 e. The van der Waals surface area contributed by atoms with Gasteiger partial charge in [-0.05, 0) is 18.8 Å². The maximum Gasteiger partial charge on any atom is 0.0882 e. The quantitative estimate of drug-likeness (QED) is 0.572. The van der Waals surface area contributed by atoms with E-state index in [9.17, 15) is 5.11 Å². The first-order valence-electron chi connectivity index (χ1n) is 3.53. The van der Waals surface area contributed by atoms with E-state index < -0.39 is 5.60 Å². The molecule has 0 saturated heterocycles. The second-order valence-corrected chi connectivity index (χ2v) is 3.06. The van der Waals surface area contributed by atoms with Gasteiger partial charge in [-0.2, -0.15) is 0 Å². The van der Waals surface area contributed by atoms with Crippen molar-refractivity contribution < 1.29 is 10.2 Å². The first kappa shape index (κ1) is 7.03. The van der Waals surface area contributed by atoms with Crippen molar-refractivity contribution in [1.82, 2.24) is 0 Å². The van der Waals surface area contributed by atoms with Gasteiger partial charge in [0.05, 0.1) is 12.2 Å². The van der Waals surface area contributed by atoms with E-state index in [1.807, 2.05) is 0 Å². The van der Waals surface area contributed by atoms with Gasteiger partial charge in [0.25, 0.3) is 0 Å². The van der Waals surface area contributed by atoms with E-state index in [1.165, 1.54) is 0 Å². The van der Waals surface area contributed by atoms with Gasteiger partial charge in [0.15, 0.2) is 0 Å². The molecule has 0 bridgehead atoms. The van der Waals surface area contributed by atoms with E-state index in [4.69, 9.17) is 5.11 Å². The molecule has 54 valence electrons. The molecule has 0 aromatic rings. The maximum absolute atomic E-state index is 9.27. The summed E-state index contributed by atoms with van der Waals surface area (Å²) in [5, 5.41) is 17.9.